The smallest absolute Gasteiger partial charge is 0.339 e. The Kier molecular flexibility index (Phi) is 6.37. The maximum atomic E-state index is 12.7. The Morgan fingerprint density at radius 1 is 0.600 bits per heavy atom. The molecule has 40 heavy (non-hydrogen) atoms. The molecular formula is C17H13N6O14P3. The normalized spacial score (nSPS) is 22.9. The van der Waals surface area contributed by atoms with E-state index in [0.29, 0.717) is 0 Å². The van der Waals surface area contributed by atoms with Crippen molar-refractivity contribution in [3.8, 4) is 0 Å². The van der Waals surface area contributed by atoms with E-state index in [1.807, 2.05) is 10.4 Å². The summed E-state index contributed by atoms with van der Waals surface area (Å²) in [6.45, 7) is 1.41. The molecule has 0 radical (unpaired) electrons. The van der Waals surface area contributed by atoms with Crippen LogP contribution in [-0.4, -0.2) is 114 Å². The highest BCUT2D eigenvalue weighted by atomic mass is 31.1. The minimum absolute atomic E-state index is 0.101. The summed E-state index contributed by atoms with van der Waals surface area (Å²) >= 11 is 0. The van der Waals surface area contributed by atoms with E-state index in [2.05, 4.69) is 0 Å². The SMILES string of the molecule is CNC(=O)C1(C(=O)O)C(=O)N(PN2C(=O)C3(C2=O)C(=O)N(PN2C(=O)C(C(=O)O)(C(=O)NPC)C2=O)C3=O)C1=O. The van der Waals surface area contributed by atoms with Gasteiger partial charge in [-0.15, -0.1) is 0 Å². The predicted molar refractivity (Wildman–Crippen MR) is 123 cm³/mol. The first-order valence-electron chi connectivity index (χ1n) is 10.3. The first-order valence-corrected chi connectivity index (χ1v) is 13.6. The molecule has 4 heterocycles. The van der Waals surface area contributed by atoms with Gasteiger partial charge in [-0.3, -0.25) is 47.9 Å². The predicted octanol–water partition coefficient (Wildman–Crippen LogP) is -5.31. The lowest BCUT2D eigenvalue weighted by Gasteiger charge is -2.54. The Bertz CT molecular complexity index is 1390. The van der Waals surface area contributed by atoms with Crippen molar-refractivity contribution in [3.63, 3.8) is 0 Å². The van der Waals surface area contributed by atoms with Gasteiger partial charge >= 0.3 is 22.8 Å². The number of nitrogens with zero attached hydrogens (tertiary/aromatic N) is 4. The molecule has 3 atom stereocenters. The van der Waals surface area contributed by atoms with Crippen LogP contribution in [0.4, 0.5) is 0 Å². The number of hydrogen-bond donors (Lipinski definition) is 4. The van der Waals surface area contributed by atoms with Crippen molar-refractivity contribution in [1.82, 2.24) is 29.1 Å². The molecule has 0 aromatic heterocycles. The van der Waals surface area contributed by atoms with E-state index in [0.717, 1.165) is 7.05 Å². The molecule has 0 aromatic carbocycles. The van der Waals surface area contributed by atoms with Crippen molar-refractivity contribution in [3.05, 3.63) is 0 Å². The number of rotatable bonds is 9. The fourth-order valence-electron chi connectivity index (χ4n) is 4.14. The molecule has 0 aliphatic carbocycles. The number of amides is 10. The average Bonchev–Trinajstić information content (AvgIpc) is 2.89. The molecule has 210 valence electrons. The van der Waals surface area contributed by atoms with Crippen LogP contribution in [-0.2, 0) is 57.5 Å². The molecule has 3 unspecified atom stereocenters. The van der Waals surface area contributed by atoms with Crippen LogP contribution >= 0.6 is 26.5 Å². The minimum Gasteiger partial charge on any atom is -0.480 e. The zero-order valence-electron chi connectivity index (χ0n) is 19.6. The number of carboxylic acid groups (broad SMARTS) is 2. The molecular weight excluding hydrogens is 605 g/mol. The highest BCUT2D eigenvalue weighted by Crippen LogP contribution is 2.57. The maximum absolute atomic E-state index is 12.7. The first-order chi connectivity index (χ1) is 18.6. The molecule has 0 saturated carbocycles. The second-order valence-corrected chi connectivity index (χ2v) is 11.1. The number of imide groups is 4. The standard InChI is InChI=1S/C17H13N6O14P3/c1-18-3(24)15(13(34)35)5(26)20(6(15)27)39-22-9(30)17(10(22)31)11(32)23(12(17)33)40-21-7(28)16(8(21)29,14(36)37)4(25)19-38-2/h38-40H,1-2H3,(H,18,24)(H,19,25)(H,34,35)(H,36,37). The minimum atomic E-state index is -3.15. The van der Waals surface area contributed by atoms with E-state index >= 15 is 0 Å². The lowest BCUT2D eigenvalue weighted by atomic mass is 9.72. The Labute approximate surface area is 224 Å². The molecule has 4 aliphatic rings. The van der Waals surface area contributed by atoms with E-state index < -0.39 is 105 Å². The van der Waals surface area contributed by atoms with Crippen LogP contribution in [0.3, 0.4) is 0 Å². The van der Waals surface area contributed by atoms with Gasteiger partial charge in [0.1, 0.15) is 17.8 Å². The van der Waals surface area contributed by atoms with Crippen LogP contribution in [0.25, 0.3) is 0 Å². The molecule has 4 rings (SSSR count). The summed E-state index contributed by atoms with van der Waals surface area (Å²) in [5, 5.41) is 22.5. The summed E-state index contributed by atoms with van der Waals surface area (Å²) in [5.41, 5.74) is -9.24. The fourth-order valence-corrected chi connectivity index (χ4v) is 7.02. The second-order valence-electron chi connectivity index (χ2n) is 8.13. The van der Waals surface area contributed by atoms with Crippen LogP contribution < -0.4 is 10.4 Å². The van der Waals surface area contributed by atoms with Gasteiger partial charge in [0.25, 0.3) is 64.5 Å². The summed E-state index contributed by atoms with van der Waals surface area (Å²) in [6, 6.07) is 0. The summed E-state index contributed by atoms with van der Waals surface area (Å²) in [6.07, 6.45) is 0. The molecule has 23 heteroatoms. The lowest BCUT2D eigenvalue weighted by molar-refractivity contribution is -0.189. The lowest BCUT2D eigenvalue weighted by Crippen LogP contribution is -2.82. The van der Waals surface area contributed by atoms with E-state index in [9.17, 15) is 67.7 Å². The molecule has 4 aliphatic heterocycles. The summed E-state index contributed by atoms with van der Waals surface area (Å²) in [7, 11) is -2.49. The maximum Gasteiger partial charge on any atom is 0.339 e. The molecule has 4 fully saturated rings. The summed E-state index contributed by atoms with van der Waals surface area (Å²) < 4.78 is 0.485. The third-order valence-corrected chi connectivity index (χ3v) is 9.28. The van der Waals surface area contributed by atoms with Gasteiger partial charge in [-0.05, 0) is 15.4 Å². The largest absolute Gasteiger partial charge is 0.480 e. The number of carboxylic acids is 2. The van der Waals surface area contributed by atoms with Gasteiger partial charge in [0.05, 0.1) is 0 Å². The summed E-state index contributed by atoms with van der Waals surface area (Å²) in [4.78, 5) is 148. The molecule has 0 aromatic rings. The topological polar surface area (TPSA) is 282 Å². The fraction of sp³-hybridized carbons (Fsp3) is 0.294. The van der Waals surface area contributed by atoms with E-state index in [1.165, 1.54) is 6.66 Å². The van der Waals surface area contributed by atoms with Crippen LogP contribution in [0, 0.1) is 16.2 Å². The number of carbonyl (C=O) groups excluding carboxylic acids is 10. The number of aliphatic carboxylic acids is 2. The van der Waals surface area contributed by atoms with Crippen molar-refractivity contribution >= 4 is 97.5 Å². The van der Waals surface area contributed by atoms with Gasteiger partial charge < -0.3 is 20.6 Å². The molecule has 20 nitrogen and oxygen atoms in total. The highest BCUT2D eigenvalue weighted by molar-refractivity contribution is 7.39. The van der Waals surface area contributed by atoms with Crippen molar-refractivity contribution in [1.29, 1.82) is 0 Å². The third kappa shape index (κ3) is 2.84. The average molecular weight is 618 g/mol. The summed E-state index contributed by atoms with van der Waals surface area (Å²) in [5.74, 6) is -19.5. The van der Waals surface area contributed by atoms with Crippen molar-refractivity contribution < 1.29 is 67.7 Å². The Balaban J connectivity index is 1.46. The number of nitrogens with one attached hydrogen (secondary N) is 2. The zero-order valence-corrected chi connectivity index (χ0v) is 22.6. The molecule has 4 N–H and O–H groups in total. The van der Waals surface area contributed by atoms with Crippen LogP contribution in [0.2, 0.25) is 0 Å². The van der Waals surface area contributed by atoms with E-state index in [-0.39, 0.29) is 27.4 Å². The van der Waals surface area contributed by atoms with E-state index in [1.54, 1.807) is 0 Å². The van der Waals surface area contributed by atoms with Crippen molar-refractivity contribution in [2.45, 2.75) is 0 Å². The van der Waals surface area contributed by atoms with Crippen molar-refractivity contribution in [2.75, 3.05) is 13.7 Å². The van der Waals surface area contributed by atoms with Crippen LogP contribution in [0.15, 0.2) is 0 Å². The highest BCUT2D eigenvalue weighted by Gasteiger charge is 2.83. The Morgan fingerprint density at radius 3 is 1.18 bits per heavy atom. The molecule has 0 bridgehead atoms. The monoisotopic (exact) mass is 618 g/mol. The second kappa shape index (κ2) is 8.87. The number of β-lactam (4-membered cyclic amide) rings is 8. The van der Waals surface area contributed by atoms with Gasteiger partial charge in [-0.1, -0.05) is 0 Å². The number of carbonyl (C=O) groups is 12. The molecule has 10 amide bonds. The van der Waals surface area contributed by atoms with Crippen LogP contribution in [0.1, 0.15) is 0 Å². The van der Waals surface area contributed by atoms with Crippen LogP contribution in [0.5, 0.6) is 0 Å². The van der Waals surface area contributed by atoms with Gasteiger partial charge in [0.15, 0.2) is 0 Å². The number of hydrogen-bond acceptors (Lipinski definition) is 12. The van der Waals surface area contributed by atoms with E-state index in [4.69, 9.17) is 0 Å². The first kappa shape index (κ1) is 28.7. The quantitative estimate of drug-likeness (QED) is 0.107. The Hall–Kier alpha value is -4.27. The molecule has 1 spiro atoms. The zero-order chi connectivity index (χ0) is 30.3. The molecule has 4 saturated heterocycles. The van der Waals surface area contributed by atoms with Gasteiger partial charge in [0, 0.05) is 7.05 Å². The Morgan fingerprint density at radius 2 is 0.900 bits per heavy atom. The van der Waals surface area contributed by atoms with Crippen molar-refractivity contribution in [2.24, 2.45) is 16.2 Å². The van der Waals surface area contributed by atoms with Gasteiger partial charge in [-0.2, -0.15) is 0 Å². The van der Waals surface area contributed by atoms with Gasteiger partial charge in [-0.25, -0.2) is 28.3 Å². The third-order valence-electron chi connectivity index (χ3n) is 6.38. The van der Waals surface area contributed by atoms with Gasteiger partial charge in [0.2, 0.25) is 0 Å².